The lowest BCUT2D eigenvalue weighted by Crippen LogP contribution is -2.32. The summed E-state index contributed by atoms with van der Waals surface area (Å²) in [5.74, 6) is 1.03. The molecule has 7 heteroatoms. The summed E-state index contributed by atoms with van der Waals surface area (Å²) < 4.78 is 22.8. The molecular formula is C11H17N3O3S. The first kappa shape index (κ1) is 13.2. The lowest BCUT2D eigenvalue weighted by molar-refractivity contribution is 0.250. The molecule has 2 heterocycles. The van der Waals surface area contributed by atoms with E-state index in [2.05, 4.69) is 9.97 Å². The second-order valence-electron chi connectivity index (χ2n) is 4.79. The summed E-state index contributed by atoms with van der Waals surface area (Å²) >= 11 is 0. The van der Waals surface area contributed by atoms with E-state index in [1.54, 1.807) is 6.92 Å². The Kier molecular flexibility index (Phi) is 3.54. The quantitative estimate of drug-likeness (QED) is 0.816. The highest BCUT2D eigenvalue weighted by Gasteiger charge is 2.30. The first-order valence-electron chi connectivity index (χ1n) is 5.83. The van der Waals surface area contributed by atoms with Crippen molar-refractivity contribution >= 4 is 9.84 Å². The average Bonchev–Trinajstić information content (AvgIpc) is 2.57. The van der Waals surface area contributed by atoms with Gasteiger partial charge in [-0.05, 0) is 20.4 Å². The fourth-order valence-corrected chi connectivity index (χ4v) is 4.04. The van der Waals surface area contributed by atoms with E-state index in [4.69, 9.17) is 0 Å². The molecule has 1 unspecified atom stereocenters. The predicted molar refractivity (Wildman–Crippen MR) is 68.1 cm³/mol. The van der Waals surface area contributed by atoms with E-state index >= 15 is 0 Å². The SMILES string of the molecule is Cc1nc(CN(C)C2CCS(=O)(=O)C2)cc(=O)[nH]1. The maximum atomic E-state index is 11.4. The fraction of sp³-hybridized carbons (Fsp3) is 0.636. The molecule has 1 aromatic rings. The number of nitrogens with one attached hydrogen (secondary N) is 1. The van der Waals surface area contributed by atoms with E-state index in [9.17, 15) is 13.2 Å². The highest BCUT2D eigenvalue weighted by Crippen LogP contribution is 2.17. The molecule has 0 amide bonds. The number of nitrogens with zero attached hydrogens (tertiary/aromatic N) is 2. The Bertz CT molecular complexity index is 594. The molecule has 1 atom stereocenters. The van der Waals surface area contributed by atoms with Gasteiger partial charge in [-0.25, -0.2) is 13.4 Å². The van der Waals surface area contributed by atoms with Gasteiger partial charge in [0.05, 0.1) is 17.2 Å². The number of hydrogen-bond donors (Lipinski definition) is 1. The Morgan fingerprint density at radius 3 is 2.83 bits per heavy atom. The van der Waals surface area contributed by atoms with Gasteiger partial charge in [0.2, 0.25) is 0 Å². The van der Waals surface area contributed by atoms with Gasteiger partial charge in [-0.15, -0.1) is 0 Å². The van der Waals surface area contributed by atoms with Crippen molar-refractivity contribution in [3.63, 3.8) is 0 Å². The van der Waals surface area contributed by atoms with Gasteiger partial charge < -0.3 is 4.98 Å². The van der Waals surface area contributed by atoms with E-state index in [1.165, 1.54) is 6.07 Å². The molecule has 18 heavy (non-hydrogen) atoms. The van der Waals surface area contributed by atoms with E-state index in [0.29, 0.717) is 24.5 Å². The molecule has 0 spiro atoms. The number of H-pyrrole nitrogens is 1. The molecule has 1 aromatic heterocycles. The second kappa shape index (κ2) is 4.81. The highest BCUT2D eigenvalue weighted by molar-refractivity contribution is 7.91. The molecule has 1 saturated heterocycles. The first-order valence-corrected chi connectivity index (χ1v) is 7.65. The van der Waals surface area contributed by atoms with Crippen LogP contribution in [0.1, 0.15) is 17.9 Å². The van der Waals surface area contributed by atoms with Crippen LogP contribution >= 0.6 is 0 Å². The van der Waals surface area contributed by atoms with E-state index < -0.39 is 9.84 Å². The van der Waals surface area contributed by atoms with Crippen LogP contribution in [0.5, 0.6) is 0 Å². The Hall–Kier alpha value is -1.21. The van der Waals surface area contributed by atoms with Gasteiger partial charge >= 0.3 is 0 Å². The molecule has 1 aliphatic rings. The van der Waals surface area contributed by atoms with Crippen molar-refractivity contribution in [3.05, 3.63) is 27.9 Å². The minimum Gasteiger partial charge on any atom is -0.311 e. The first-order chi connectivity index (χ1) is 8.35. The minimum atomic E-state index is -2.88. The van der Waals surface area contributed by atoms with Crippen molar-refractivity contribution in [2.75, 3.05) is 18.6 Å². The van der Waals surface area contributed by atoms with Crippen LogP contribution in [-0.2, 0) is 16.4 Å². The summed E-state index contributed by atoms with van der Waals surface area (Å²) in [4.78, 5) is 20.1. The van der Waals surface area contributed by atoms with E-state index in [0.717, 1.165) is 0 Å². The summed E-state index contributed by atoms with van der Waals surface area (Å²) in [6, 6.07) is 1.48. The molecule has 1 N–H and O–H groups in total. The van der Waals surface area contributed by atoms with Gasteiger partial charge in [0, 0.05) is 18.7 Å². The van der Waals surface area contributed by atoms with Crippen molar-refractivity contribution in [2.45, 2.75) is 25.9 Å². The van der Waals surface area contributed by atoms with E-state index in [1.807, 2.05) is 11.9 Å². The topological polar surface area (TPSA) is 83.1 Å². The van der Waals surface area contributed by atoms with Crippen LogP contribution in [0, 0.1) is 6.92 Å². The highest BCUT2D eigenvalue weighted by atomic mass is 32.2. The monoisotopic (exact) mass is 271 g/mol. The normalized spacial score (nSPS) is 22.5. The lowest BCUT2D eigenvalue weighted by Gasteiger charge is -2.22. The van der Waals surface area contributed by atoms with Gasteiger partial charge in [0.25, 0.3) is 5.56 Å². The summed E-state index contributed by atoms with van der Waals surface area (Å²) in [6.45, 7) is 2.22. The maximum absolute atomic E-state index is 11.4. The number of hydrogen-bond acceptors (Lipinski definition) is 5. The van der Waals surface area contributed by atoms with Crippen molar-refractivity contribution in [1.82, 2.24) is 14.9 Å². The number of aromatic nitrogens is 2. The second-order valence-corrected chi connectivity index (χ2v) is 7.02. The molecule has 0 radical (unpaired) electrons. The zero-order valence-electron chi connectivity index (χ0n) is 10.5. The predicted octanol–water partition coefficient (Wildman–Crippen LogP) is -0.303. The Labute approximate surface area is 106 Å². The Balaban J connectivity index is 2.07. The standard InChI is InChI=1S/C11H17N3O3S/c1-8-12-9(5-11(15)13-8)6-14(2)10-3-4-18(16,17)7-10/h5,10H,3-4,6-7H2,1-2H3,(H,12,13,15). The summed E-state index contributed by atoms with van der Waals surface area (Å²) in [7, 11) is -1.01. The van der Waals surface area contributed by atoms with Gasteiger partial charge in [0.1, 0.15) is 5.82 Å². The molecule has 100 valence electrons. The van der Waals surface area contributed by atoms with Crippen molar-refractivity contribution < 1.29 is 8.42 Å². The third-order valence-corrected chi connectivity index (χ3v) is 4.91. The molecular weight excluding hydrogens is 254 g/mol. The van der Waals surface area contributed by atoms with Gasteiger partial charge in [-0.3, -0.25) is 9.69 Å². The molecule has 0 saturated carbocycles. The van der Waals surface area contributed by atoms with Crippen molar-refractivity contribution in [1.29, 1.82) is 0 Å². The van der Waals surface area contributed by atoms with Crippen LogP contribution < -0.4 is 5.56 Å². The van der Waals surface area contributed by atoms with Crippen molar-refractivity contribution in [3.8, 4) is 0 Å². The average molecular weight is 271 g/mol. The fourth-order valence-electron chi connectivity index (χ4n) is 2.23. The zero-order chi connectivity index (χ0) is 13.3. The molecule has 1 aliphatic heterocycles. The molecule has 6 nitrogen and oxygen atoms in total. The molecule has 1 fully saturated rings. The minimum absolute atomic E-state index is 0.0244. The molecule has 0 aliphatic carbocycles. The Morgan fingerprint density at radius 1 is 1.56 bits per heavy atom. The van der Waals surface area contributed by atoms with Crippen LogP contribution in [0.4, 0.5) is 0 Å². The van der Waals surface area contributed by atoms with Crippen LogP contribution in [0.3, 0.4) is 0 Å². The van der Waals surface area contributed by atoms with Crippen LogP contribution in [-0.4, -0.2) is 47.9 Å². The van der Waals surface area contributed by atoms with Crippen LogP contribution in [0.15, 0.2) is 10.9 Å². The smallest absolute Gasteiger partial charge is 0.251 e. The molecule has 0 bridgehead atoms. The number of aryl methyl sites for hydroxylation is 1. The zero-order valence-corrected chi connectivity index (χ0v) is 11.3. The number of aromatic amines is 1. The number of rotatable bonds is 3. The van der Waals surface area contributed by atoms with E-state index in [-0.39, 0.29) is 23.1 Å². The van der Waals surface area contributed by atoms with Gasteiger partial charge in [-0.2, -0.15) is 0 Å². The van der Waals surface area contributed by atoms with Gasteiger partial charge in [-0.1, -0.05) is 0 Å². The third-order valence-electron chi connectivity index (χ3n) is 3.16. The van der Waals surface area contributed by atoms with Crippen LogP contribution in [0.25, 0.3) is 0 Å². The lowest BCUT2D eigenvalue weighted by atomic mass is 10.2. The summed E-state index contributed by atoms with van der Waals surface area (Å²) in [5, 5.41) is 0. The van der Waals surface area contributed by atoms with Gasteiger partial charge in [0.15, 0.2) is 9.84 Å². The Morgan fingerprint density at radius 2 is 2.28 bits per heavy atom. The molecule has 0 aromatic carbocycles. The van der Waals surface area contributed by atoms with Crippen LogP contribution in [0.2, 0.25) is 0 Å². The molecule has 2 rings (SSSR count). The summed E-state index contributed by atoms with van der Waals surface area (Å²) in [5.41, 5.74) is 0.494. The maximum Gasteiger partial charge on any atom is 0.251 e. The summed E-state index contributed by atoms with van der Waals surface area (Å²) in [6.07, 6.45) is 0.654. The largest absolute Gasteiger partial charge is 0.311 e. The van der Waals surface area contributed by atoms with Crippen molar-refractivity contribution in [2.24, 2.45) is 0 Å². The number of sulfone groups is 1. The third kappa shape index (κ3) is 3.17.